The number of hydrogen-bond donors (Lipinski definition) is 1. The van der Waals surface area contributed by atoms with Crippen molar-refractivity contribution in [3.05, 3.63) is 53.2 Å². The van der Waals surface area contributed by atoms with Crippen molar-refractivity contribution >= 4 is 23.2 Å². The van der Waals surface area contributed by atoms with Crippen LogP contribution in [0.2, 0.25) is 0 Å². The van der Waals surface area contributed by atoms with Crippen molar-refractivity contribution in [3.8, 4) is 16.4 Å². The van der Waals surface area contributed by atoms with Gasteiger partial charge in [-0.05, 0) is 43.0 Å². The standard InChI is InChI=1S/C20H19F3N4O3S/c1-3-9-24-18(28)12(2)30-19(29)16-25-17(15-8-5-10-31-15)27(26-16)14-7-4-6-13(11-14)20(21,22)23/h4-8,10-12H,3,9H2,1-2H3,(H,24,28). The van der Waals surface area contributed by atoms with E-state index in [4.69, 9.17) is 4.74 Å². The molecule has 0 fully saturated rings. The second kappa shape index (κ2) is 9.29. The van der Waals surface area contributed by atoms with Crippen LogP contribution in [0.5, 0.6) is 0 Å². The van der Waals surface area contributed by atoms with Crippen molar-refractivity contribution in [3.63, 3.8) is 0 Å². The van der Waals surface area contributed by atoms with Crippen LogP contribution in [-0.2, 0) is 15.7 Å². The quantitative estimate of drug-likeness (QED) is 0.546. The monoisotopic (exact) mass is 452 g/mol. The van der Waals surface area contributed by atoms with Gasteiger partial charge in [-0.2, -0.15) is 18.2 Å². The number of carbonyl (C=O) groups is 2. The highest BCUT2D eigenvalue weighted by Gasteiger charge is 2.31. The van der Waals surface area contributed by atoms with Crippen LogP contribution in [0.1, 0.15) is 36.5 Å². The summed E-state index contributed by atoms with van der Waals surface area (Å²) >= 11 is 1.29. The molecule has 0 aliphatic carbocycles. The lowest BCUT2D eigenvalue weighted by Gasteiger charge is -2.11. The van der Waals surface area contributed by atoms with E-state index in [1.807, 2.05) is 6.92 Å². The van der Waals surface area contributed by atoms with Gasteiger partial charge < -0.3 is 10.1 Å². The fraction of sp³-hybridized carbons (Fsp3) is 0.300. The maximum Gasteiger partial charge on any atom is 0.416 e. The number of benzene rings is 1. The molecule has 0 saturated heterocycles. The van der Waals surface area contributed by atoms with Crippen LogP contribution in [0.4, 0.5) is 13.2 Å². The first-order valence-corrected chi connectivity index (χ1v) is 10.3. The van der Waals surface area contributed by atoms with Crippen LogP contribution in [0.3, 0.4) is 0 Å². The van der Waals surface area contributed by atoms with E-state index in [1.54, 1.807) is 17.5 Å². The minimum atomic E-state index is -4.54. The number of aromatic nitrogens is 3. The first-order valence-electron chi connectivity index (χ1n) is 9.38. The maximum absolute atomic E-state index is 13.1. The van der Waals surface area contributed by atoms with E-state index in [0.717, 1.165) is 23.2 Å². The average molecular weight is 452 g/mol. The van der Waals surface area contributed by atoms with Gasteiger partial charge in [0.1, 0.15) is 0 Å². The van der Waals surface area contributed by atoms with Crippen molar-refractivity contribution in [1.82, 2.24) is 20.1 Å². The number of alkyl halides is 3. The van der Waals surface area contributed by atoms with Crippen molar-refractivity contribution in [2.75, 3.05) is 6.54 Å². The molecule has 0 aliphatic rings. The molecule has 2 heterocycles. The number of amides is 1. The molecule has 1 aromatic carbocycles. The number of nitrogens with one attached hydrogen (secondary N) is 1. The molecular weight excluding hydrogens is 433 g/mol. The third-order valence-corrected chi connectivity index (χ3v) is 5.02. The van der Waals surface area contributed by atoms with Crippen LogP contribution in [0, 0.1) is 0 Å². The molecule has 0 aliphatic heterocycles. The topological polar surface area (TPSA) is 86.1 Å². The van der Waals surface area contributed by atoms with Crippen molar-refractivity contribution in [2.45, 2.75) is 32.5 Å². The molecule has 3 rings (SSSR count). The molecule has 1 atom stereocenters. The van der Waals surface area contributed by atoms with E-state index < -0.39 is 29.7 Å². The zero-order valence-corrected chi connectivity index (χ0v) is 17.5. The fourth-order valence-corrected chi connectivity index (χ4v) is 3.31. The van der Waals surface area contributed by atoms with Crippen LogP contribution < -0.4 is 5.32 Å². The number of rotatable bonds is 7. The Morgan fingerprint density at radius 2 is 2.03 bits per heavy atom. The molecule has 3 aromatic rings. The SMILES string of the molecule is CCCNC(=O)C(C)OC(=O)c1nc(-c2cccs2)n(-c2cccc(C(F)(F)F)c2)n1. The van der Waals surface area contributed by atoms with Crippen LogP contribution >= 0.6 is 11.3 Å². The second-order valence-electron chi connectivity index (χ2n) is 6.53. The third kappa shape index (κ3) is 5.29. The summed E-state index contributed by atoms with van der Waals surface area (Å²) in [5, 5.41) is 8.44. The Labute approximate surface area is 179 Å². The number of carbonyl (C=O) groups excluding carboxylic acids is 2. The summed E-state index contributed by atoms with van der Waals surface area (Å²) in [7, 11) is 0. The molecule has 0 spiro atoms. The summed E-state index contributed by atoms with van der Waals surface area (Å²) in [5.41, 5.74) is -0.776. The maximum atomic E-state index is 13.1. The molecule has 2 aromatic heterocycles. The summed E-state index contributed by atoms with van der Waals surface area (Å²) in [5.74, 6) is -1.60. The minimum absolute atomic E-state index is 0.0820. The van der Waals surface area contributed by atoms with Crippen molar-refractivity contribution < 1.29 is 27.5 Å². The van der Waals surface area contributed by atoms with E-state index in [9.17, 15) is 22.8 Å². The van der Waals surface area contributed by atoms with E-state index in [0.29, 0.717) is 11.4 Å². The average Bonchev–Trinajstić information content (AvgIpc) is 3.41. The van der Waals surface area contributed by atoms with Gasteiger partial charge in [-0.1, -0.05) is 19.1 Å². The normalized spacial score (nSPS) is 12.4. The summed E-state index contributed by atoms with van der Waals surface area (Å²) in [6, 6.07) is 7.98. The number of halogens is 3. The van der Waals surface area contributed by atoms with Gasteiger partial charge in [0, 0.05) is 6.54 Å². The zero-order chi connectivity index (χ0) is 22.6. The highest BCUT2D eigenvalue weighted by atomic mass is 32.1. The highest BCUT2D eigenvalue weighted by molar-refractivity contribution is 7.13. The predicted octanol–water partition coefficient (Wildman–Crippen LogP) is 4.09. The van der Waals surface area contributed by atoms with Gasteiger partial charge in [0.2, 0.25) is 0 Å². The number of ether oxygens (including phenoxy) is 1. The Morgan fingerprint density at radius 1 is 1.26 bits per heavy atom. The molecule has 164 valence electrons. The first-order chi connectivity index (χ1) is 14.7. The van der Waals surface area contributed by atoms with Gasteiger partial charge in [-0.25, -0.2) is 9.48 Å². The van der Waals surface area contributed by atoms with Gasteiger partial charge in [-0.15, -0.1) is 16.4 Å². The molecule has 0 bridgehead atoms. The molecule has 0 radical (unpaired) electrons. The van der Waals surface area contributed by atoms with E-state index in [2.05, 4.69) is 15.4 Å². The van der Waals surface area contributed by atoms with Crippen molar-refractivity contribution in [2.24, 2.45) is 0 Å². The summed E-state index contributed by atoms with van der Waals surface area (Å²) in [6.45, 7) is 3.73. The Kier molecular flexibility index (Phi) is 6.74. The Balaban J connectivity index is 1.94. The van der Waals surface area contributed by atoms with Gasteiger partial charge >= 0.3 is 12.1 Å². The molecule has 0 saturated carbocycles. The van der Waals surface area contributed by atoms with Crippen LogP contribution in [-0.4, -0.2) is 39.3 Å². The lowest BCUT2D eigenvalue weighted by molar-refractivity contribution is -0.137. The summed E-state index contributed by atoms with van der Waals surface area (Å²) in [4.78, 5) is 29.2. The number of thiophene rings is 1. The van der Waals surface area contributed by atoms with Gasteiger partial charge in [-0.3, -0.25) is 4.79 Å². The first kappa shape index (κ1) is 22.5. The van der Waals surface area contributed by atoms with E-state index in [-0.39, 0.29) is 17.3 Å². The molecule has 1 N–H and O–H groups in total. The summed E-state index contributed by atoms with van der Waals surface area (Å²) in [6.07, 6.45) is -4.90. The number of hydrogen-bond acceptors (Lipinski definition) is 6. The minimum Gasteiger partial charge on any atom is -0.447 e. The molecule has 11 heteroatoms. The molecule has 31 heavy (non-hydrogen) atoms. The van der Waals surface area contributed by atoms with Gasteiger partial charge in [0.15, 0.2) is 11.9 Å². The second-order valence-corrected chi connectivity index (χ2v) is 7.48. The molecule has 7 nitrogen and oxygen atoms in total. The highest BCUT2D eigenvalue weighted by Crippen LogP contribution is 2.32. The lowest BCUT2D eigenvalue weighted by Crippen LogP contribution is -2.36. The largest absolute Gasteiger partial charge is 0.447 e. The van der Waals surface area contributed by atoms with Gasteiger partial charge in [0.25, 0.3) is 11.7 Å². The molecule has 1 unspecified atom stereocenters. The third-order valence-electron chi connectivity index (χ3n) is 4.15. The summed E-state index contributed by atoms with van der Waals surface area (Å²) < 4.78 is 45.7. The smallest absolute Gasteiger partial charge is 0.416 e. The Bertz CT molecular complexity index is 1060. The Hall–Kier alpha value is -3.21. The van der Waals surface area contributed by atoms with E-state index >= 15 is 0 Å². The van der Waals surface area contributed by atoms with Crippen LogP contribution in [0.15, 0.2) is 41.8 Å². The Morgan fingerprint density at radius 3 is 2.68 bits per heavy atom. The lowest BCUT2D eigenvalue weighted by atomic mass is 10.2. The predicted molar refractivity (Wildman–Crippen MR) is 108 cm³/mol. The fourth-order valence-electron chi connectivity index (χ4n) is 2.62. The zero-order valence-electron chi connectivity index (χ0n) is 16.6. The van der Waals surface area contributed by atoms with E-state index in [1.165, 1.54) is 30.4 Å². The van der Waals surface area contributed by atoms with Gasteiger partial charge in [0.05, 0.1) is 16.1 Å². The number of nitrogens with zero attached hydrogens (tertiary/aromatic N) is 3. The molecule has 1 amide bonds. The van der Waals surface area contributed by atoms with Crippen LogP contribution in [0.25, 0.3) is 16.4 Å². The van der Waals surface area contributed by atoms with Crippen molar-refractivity contribution in [1.29, 1.82) is 0 Å². The number of esters is 1. The molecular formula is C20H19F3N4O3S.